The van der Waals surface area contributed by atoms with E-state index in [4.69, 9.17) is 14.2 Å². The second-order valence-corrected chi connectivity index (χ2v) is 6.53. The maximum Gasteiger partial charge on any atom is 0.323 e. The van der Waals surface area contributed by atoms with Gasteiger partial charge in [-0.25, -0.2) is 0 Å². The normalized spacial score (nSPS) is 16.0. The molecule has 148 valence electrons. The summed E-state index contributed by atoms with van der Waals surface area (Å²) in [6, 6.07) is 12.6. The number of carbonyl (C=O) groups is 2. The number of carbonyl (C=O) groups excluding carboxylic acids is 2. The first kappa shape index (κ1) is 19.7. The molecular weight excluding hydrogens is 360 g/mol. The van der Waals surface area contributed by atoms with Crippen LogP contribution < -0.4 is 14.8 Å². The number of nitrogens with zero attached hydrogens (tertiary/aromatic N) is 1. The molecule has 1 amide bonds. The molecule has 0 fully saturated rings. The Bertz CT molecular complexity index is 868. The predicted octanol–water partition coefficient (Wildman–Crippen LogP) is 2.24. The van der Waals surface area contributed by atoms with Crippen LogP contribution in [0.2, 0.25) is 0 Å². The van der Waals surface area contributed by atoms with Crippen molar-refractivity contribution in [3.8, 4) is 11.5 Å². The van der Waals surface area contributed by atoms with E-state index in [1.54, 1.807) is 25.3 Å². The number of methoxy groups -OCH3 is 3. The Hall–Kier alpha value is -3.06. The smallest absolute Gasteiger partial charge is 0.323 e. The molecule has 1 N–H and O–H groups in total. The van der Waals surface area contributed by atoms with Crippen molar-refractivity contribution in [3.63, 3.8) is 0 Å². The zero-order valence-corrected chi connectivity index (χ0v) is 16.2. The standard InChI is InChI=1S/C21H24N2O5/c1-26-16-8-9-19(27-2)17(11-16)22-20(24)13-23-12-15-7-5-4-6-14(15)10-18(23)21(25)28-3/h4-9,11,18H,10,12-13H2,1-3H3,(H,22,24)/t18-/m1/s1. The molecule has 0 bridgehead atoms. The second kappa shape index (κ2) is 8.75. The van der Waals surface area contributed by atoms with Crippen molar-refractivity contribution in [2.75, 3.05) is 33.2 Å². The zero-order chi connectivity index (χ0) is 20.1. The van der Waals surface area contributed by atoms with Crippen LogP contribution in [-0.2, 0) is 27.3 Å². The molecule has 7 nitrogen and oxygen atoms in total. The zero-order valence-electron chi connectivity index (χ0n) is 16.2. The van der Waals surface area contributed by atoms with Crippen LogP contribution in [0.5, 0.6) is 11.5 Å². The van der Waals surface area contributed by atoms with Gasteiger partial charge >= 0.3 is 5.97 Å². The molecule has 1 atom stereocenters. The van der Waals surface area contributed by atoms with Crippen LogP contribution in [0.25, 0.3) is 0 Å². The average Bonchev–Trinajstić information content (AvgIpc) is 2.72. The van der Waals surface area contributed by atoms with Crippen LogP contribution in [0, 0.1) is 0 Å². The molecule has 0 unspecified atom stereocenters. The highest BCUT2D eigenvalue weighted by Crippen LogP contribution is 2.29. The van der Waals surface area contributed by atoms with Gasteiger partial charge in [0.15, 0.2) is 0 Å². The van der Waals surface area contributed by atoms with Gasteiger partial charge in [0.2, 0.25) is 5.91 Å². The Kier molecular flexibility index (Phi) is 6.16. The summed E-state index contributed by atoms with van der Waals surface area (Å²) in [6.45, 7) is 0.549. The van der Waals surface area contributed by atoms with Gasteiger partial charge in [0.1, 0.15) is 17.5 Å². The lowest BCUT2D eigenvalue weighted by Crippen LogP contribution is -2.49. The van der Waals surface area contributed by atoms with Gasteiger partial charge in [-0.15, -0.1) is 0 Å². The van der Waals surface area contributed by atoms with E-state index in [1.165, 1.54) is 14.2 Å². The van der Waals surface area contributed by atoms with E-state index in [9.17, 15) is 9.59 Å². The number of hydrogen-bond acceptors (Lipinski definition) is 6. The van der Waals surface area contributed by atoms with Gasteiger partial charge in [-0.05, 0) is 29.7 Å². The van der Waals surface area contributed by atoms with E-state index in [0.29, 0.717) is 30.2 Å². The molecule has 0 aliphatic carbocycles. The molecule has 1 aliphatic heterocycles. The molecule has 1 heterocycles. The van der Waals surface area contributed by atoms with Crippen LogP contribution in [0.3, 0.4) is 0 Å². The Morgan fingerprint density at radius 1 is 1.07 bits per heavy atom. The summed E-state index contributed by atoms with van der Waals surface area (Å²) < 4.78 is 15.5. The van der Waals surface area contributed by atoms with Gasteiger partial charge in [0, 0.05) is 12.6 Å². The van der Waals surface area contributed by atoms with Gasteiger partial charge in [0.05, 0.1) is 33.6 Å². The molecule has 0 radical (unpaired) electrons. The van der Waals surface area contributed by atoms with E-state index < -0.39 is 6.04 Å². The summed E-state index contributed by atoms with van der Waals surface area (Å²) in [7, 11) is 4.45. The predicted molar refractivity (Wildman–Crippen MR) is 105 cm³/mol. The first-order valence-corrected chi connectivity index (χ1v) is 8.96. The molecule has 0 saturated carbocycles. The number of nitrogens with one attached hydrogen (secondary N) is 1. The Morgan fingerprint density at radius 2 is 1.82 bits per heavy atom. The molecule has 2 aromatic rings. The summed E-state index contributed by atoms with van der Waals surface area (Å²) in [5.74, 6) is 0.541. The van der Waals surface area contributed by atoms with Crippen molar-refractivity contribution >= 4 is 17.6 Å². The number of amides is 1. The molecular formula is C21H24N2O5. The van der Waals surface area contributed by atoms with Crippen molar-refractivity contribution < 1.29 is 23.8 Å². The van der Waals surface area contributed by atoms with Gasteiger partial charge in [-0.1, -0.05) is 24.3 Å². The topological polar surface area (TPSA) is 77.1 Å². The maximum atomic E-state index is 12.7. The van der Waals surface area contributed by atoms with E-state index in [2.05, 4.69) is 5.32 Å². The lowest BCUT2D eigenvalue weighted by molar-refractivity contribution is -0.148. The van der Waals surface area contributed by atoms with Crippen molar-refractivity contribution in [1.82, 2.24) is 4.90 Å². The van der Waals surface area contributed by atoms with Gasteiger partial charge in [-0.2, -0.15) is 0 Å². The van der Waals surface area contributed by atoms with E-state index >= 15 is 0 Å². The molecule has 7 heteroatoms. The highest BCUT2D eigenvalue weighted by molar-refractivity contribution is 5.94. The Labute approximate surface area is 164 Å². The maximum absolute atomic E-state index is 12.7. The first-order chi connectivity index (χ1) is 13.5. The Morgan fingerprint density at radius 3 is 2.50 bits per heavy atom. The number of hydrogen-bond donors (Lipinski definition) is 1. The summed E-state index contributed by atoms with van der Waals surface area (Å²) in [5.41, 5.74) is 2.72. The van der Waals surface area contributed by atoms with E-state index in [-0.39, 0.29) is 18.4 Å². The largest absolute Gasteiger partial charge is 0.497 e. The third kappa shape index (κ3) is 4.26. The average molecular weight is 384 g/mol. The van der Waals surface area contributed by atoms with Crippen molar-refractivity contribution in [1.29, 1.82) is 0 Å². The molecule has 0 spiro atoms. The monoisotopic (exact) mass is 384 g/mol. The van der Waals surface area contributed by atoms with Crippen molar-refractivity contribution in [2.45, 2.75) is 19.0 Å². The Balaban J connectivity index is 1.77. The second-order valence-electron chi connectivity index (χ2n) is 6.53. The molecule has 3 rings (SSSR count). The van der Waals surface area contributed by atoms with Gasteiger partial charge in [0.25, 0.3) is 0 Å². The first-order valence-electron chi connectivity index (χ1n) is 8.96. The molecule has 0 saturated heterocycles. The van der Waals surface area contributed by atoms with Crippen LogP contribution in [-0.4, -0.2) is 50.7 Å². The third-order valence-corrected chi connectivity index (χ3v) is 4.85. The fourth-order valence-electron chi connectivity index (χ4n) is 3.40. The van der Waals surface area contributed by atoms with E-state index in [0.717, 1.165) is 11.1 Å². The number of anilines is 1. The highest BCUT2D eigenvalue weighted by Gasteiger charge is 2.33. The fraction of sp³-hybridized carbons (Fsp3) is 0.333. The van der Waals surface area contributed by atoms with Gasteiger partial charge in [-0.3, -0.25) is 14.5 Å². The highest BCUT2D eigenvalue weighted by atomic mass is 16.5. The van der Waals surface area contributed by atoms with Crippen LogP contribution >= 0.6 is 0 Å². The summed E-state index contributed by atoms with van der Waals surface area (Å²) in [4.78, 5) is 26.8. The van der Waals surface area contributed by atoms with Crippen LogP contribution in [0.1, 0.15) is 11.1 Å². The van der Waals surface area contributed by atoms with Crippen molar-refractivity contribution in [3.05, 3.63) is 53.6 Å². The van der Waals surface area contributed by atoms with Crippen LogP contribution in [0.4, 0.5) is 5.69 Å². The number of fused-ring (bicyclic) bond motifs is 1. The number of esters is 1. The SMILES string of the molecule is COC(=O)[C@H]1Cc2ccccc2CN1CC(=O)Nc1cc(OC)ccc1OC. The van der Waals surface area contributed by atoms with Crippen LogP contribution in [0.15, 0.2) is 42.5 Å². The van der Waals surface area contributed by atoms with Gasteiger partial charge < -0.3 is 19.5 Å². The lowest BCUT2D eigenvalue weighted by atomic mass is 9.94. The number of benzene rings is 2. The molecule has 28 heavy (non-hydrogen) atoms. The minimum absolute atomic E-state index is 0.0501. The summed E-state index contributed by atoms with van der Waals surface area (Å²) in [5, 5.41) is 2.85. The third-order valence-electron chi connectivity index (χ3n) is 4.85. The number of rotatable bonds is 6. The minimum Gasteiger partial charge on any atom is -0.497 e. The molecule has 2 aromatic carbocycles. The summed E-state index contributed by atoms with van der Waals surface area (Å²) in [6.07, 6.45) is 0.513. The minimum atomic E-state index is -0.502. The molecule has 1 aliphatic rings. The fourth-order valence-corrected chi connectivity index (χ4v) is 3.40. The molecule has 0 aromatic heterocycles. The summed E-state index contributed by atoms with van der Waals surface area (Å²) >= 11 is 0. The van der Waals surface area contributed by atoms with E-state index in [1.807, 2.05) is 29.2 Å². The number of ether oxygens (including phenoxy) is 3. The quantitative estimate of drug-likeness (QED) is 0.770. The lowest BCUT2D eigenvalue weighted by Gasteiger charge is -2.34. The van der Waals surface area contributed by atoms with Crippen molar-refractivity contribution in [2.24, 2.45) is 0 Å².